The first-order valence-corrected chi connectivity index (χ1v) is 8.59. The summed E-state index contributed by atoms with van der Waals surface area (Å²) in [6.45, 7) is 11.0. The number of methoxy groups -OCH3 is 1. The summed E-state index contributed by atoms with van der Waals surface area (Å²) >= 11 is 0. The van der Waals surface area contributed by atoms with Gasteiger partial charge in [0, 0.05) is 24.9 Å². The van der Waals surface area contributed by atoms with Crippen LogP contribution in [0.1, 0.15) is 39.2 Å². The zero-order valence-electron chi connectivity index (χ0n) is 15.6. The summed E-state index contributed by atoms with van der Waals surface area (Å²) in [5, 5.41) is 4.22. The second kappa shape index (κ2) is 8.19. The molecular weight excluding hydrogens is 316 g/mol. The Balaban J connectivity index is 2.01. The van der Waals surface area contributed by atoms with Gasteiger partial charge in [0.25, 0.3) is 0 Å². The van der Waals surface area contributed by atoms with Crippen molar-refractivity contribution in [3.63, 3.8) is 0 Å². The number of rotatable bonds is 7. The van der Waals surface area contributed by atoms with Gasteiger partial charge >= 0.3 is 0 Å². The van der Waals surface area contributed by atoms with Gasteiger partial charge in [0.15, 0.2) is 6.10 Å². The van der Waals surface area contributed by atoms with Crippen LogP contribution < -0.4 is 4.74 Å². The van der Waals surface area contributed by atoms with Crippen LogP contribution in [0.3, 0.4) is 0 Å². The number of ether oxygens (including phenoxy) is 1. The molecule has 1 atom stereocenters. The quantitative estimate of drug-likeness (QED) is 0.710. The van der Waals surface area contributed by atoms with Crippen molar-refractivity contribution in [1.82, 2.24) is 4.90 Å². The number of hydrogen-bond acceptors (Lipinski definition) is 4. The standard InChI is InChI=1S/C20H28N2O3/c1-6-11-22(19(23)13-20(2,3)4)14-15-12-17(21-25-15)16-9-7-8-10-18(16)24-5/h6-10,15H,1,11-14H2,2-5H3/t15-/m1/s1. The van der Waals surface area contributed by atoms with E-state index >= 15 is 0 Å². The first kappa shape index (κ1) is 19.0. The molecule has 0 bridgehead atoms. The van der Waals surface area contributed by atoms with Gasteiger partial charge in [0.05, 0.1) is 19.4 Å². The molecule has 1 amide bonds. The van der Waals surface area contributed by atoms with Gasteiger partial charge in [-0.15, -0.1) is 6.58 Å². The second-order valence-electron chi connectivity index (χ2n) is 7.49. The van der Waals surface area contributed by atoms with Gasteiger partial charge in [-0.05, 0) is 17.5 Å². The Kier molecular flexibility index (Phi) is 6.23. The van der Waals surface area contributed by atoms with E-state index < -0.39 is 0 Å². The SMILES string of the molecule is C=CCN(C[C@H]1CC(c2ccccc2OC)=NO1)C(=O)CC(C)(C)C. The topological polar surface area (TPSA) is 51.1 Å². The fourth-order valence-electron chi connectivity index (χ4n) is 2.81. The van der Waals surface area contributed by atoms with E-state index in [0.29, 0.717) is 25.9 Å². The van der Waals surface area contributed by atoms with E-state index in [9.17, 15) is 4.79 Å². The van der Waals surface area contributed by atoms with Crippen molar-refractivity contribution in [3.05, 3.63) is 42.5 Å². The highest BCUT2D eigenvalue weighted by Crippen LogP contribution is 2.25. The summed E-state index contributed by atoms with van der Waals surface area (Å²) < 4.78 is 5.39. The number of carbonyl (C=O) groups is 1. The molecule has 0 unspecified atom stereocenters. The van der Waals surface area contributed by atoms with Crippen LogP contribution in [0.25, 0.3) is 0 Å². The molecule has 25 heavy (non-hydrogen) atoms. The lowest BCUT2D eigenvalue weighted by Gasteiger charge is -2.27. The number of carbonyl (C=O) groups excluding carboxylic acids is 1. The average molecular weight is 344 g/mol. The van der Waals surface area contributed by atoms with Crippen LogP contribution in [0.4, 0.5) is 0 Å². The molecule has 1 aliphatic rings. The zero-order valence-corrected chi connectivity index (χ0v) is 15.6. The van der Waals surface area contributed by atoms with Crippen molar-refractivity contribution in [2.45, 2.75) is 39.7 Å². The Hall–Kier alpha value is -2.30. The molecule has 1 aromatic carbocycles. The molecule has 0 aliphatic carbocycles. The Morgan fingerprint density at radius 1 is 1.44 bits per heavy atom. The molecule has 0 saturated heterocycles. The van der Waals surface area contributed by atoms with Crippen LogP contribution in [0.2, 0.25) is 0 Å². The van der Waals surface area contributed by atoms with Gasteiger partial charge in [0.1, 0.15) is 5.75 Å². The van der Waals surface area contributed by atoms with Crippen molar-refractivity contribution in [2.75, 3.05) is 20.2 Å². The van der Waals surface area contributed by atoms with Crippen LogP contribution in [0.15, 0.2) is 42.1 Å². The smallest absolute Gasteiger partial charge is 0.223 e. The molecule has 0 saturated carbocycles. The van der Waals surface area contributed by atoms with E-state index in [2.05, 4.69) is 32.5 Å². The monoisotopic (exact) mass is 344 g/mol. The number of hydrogen-bond donors (Lipinski definition) is 0. The minimum atomic E-state index is -0.149. The number of nitrogens with zero attached hydrogens (tertiary/aromatic N) is 2. The van der Waals surface area contributed by atoms with Gasteiger partial charge in [-0.25, -0.2) is 0 Å². The van der Waals surface area contributed by atoms with Crippen LogP contribution in [-0.2, 0) is 9.63 Å². The normalized spacial score (nSPS) is 16.8. The van der Waals surface area contributed by atoms with Crippen LogP contribution in [0, 0.1) is 5.41 Å². The summed E-state index contributed by atoms with van der Waals surface area (Å²) in [4.78, 5) is 19.9. The maximum Gasteiger partial charge on any atom is 0.223 e. The van der Waals surface area contributed by atoms with Crippen molar-refractivity contribution in [3.8, 4) is 5.75 Å². The average Bonchev–Trinajstić information content (AvgIpc) is 3.01. The molecule has 5 heteroatoms. The Morgan fingerprint density at radius 3 is 2.80 bits per heavy atom. The summed E-state index contributed by atoms with van der Waals surface area (Å²) in [5.41, 5.74) is 1.74. The zero-order chi connectivity index (χ0) is 18.4. The lowest BCUT2D eigenvalue weighted by atomic mass is 9.91. The van der Waals surface area contributed by atoms with E-state index in [-0.39, 0.29) is 17.4 Å². The van der Waals surface area contributed by atoms with E-state index in [0.717, 1.165) is 17.0 Å². The third-order valence-electron chi connectivity index (χ3n) is 3.96. The lowest BCUT2D eigenvalue weighted by Crippen LogP contribution is -2.39. The number of para-hydroxylation sites is 1. The Morgan fingerprint density at radius 2 is 2.16 bits per heavy atom. The van der Waals surface area contributed by atoms with Crippen molar-refractivity contribution in [2.24, 2.45) is 10.6 Å². The highest BCUT2D eigenvalue weighted by molar-refractivity contribution is 6.03. The Bertz CT molecular complexity index is 647. The van der Waals surface area contributed by atoms with Crippen LogP contribution >= 0.6 is 0 Å². The summed E-state index contributed by atoms with van der Waals surface area (Å²) in [7, 11) is 1.64. The molecule has 5 nitrogen and oxygen atoms in total. The van der Waals surface area contributed by atoms with E-state index in [1.54, 1.807) is 18.1 Å². The number of oxime groups is 1. The molecule has 2 rings (SSSR count). The van der Waals surface area contributed by atoms with Crippen LogP contribution in [-0.4, -0.2) is 42.8 Å². The molecule has 1 aromatic rings. The van der Waals surface area contributed by atoms with Gasteiger partial charge in [-0.3, -0.25) is 4.79 Å². The minimum absolute atomic E-state index is 0.0495. The largest absolute Gasteiger partial charge is 0.496 e. The summed E-state index contributed by atoms with van der Waals surface area (Å²) in [6.07, 6.45) is 2.74. The first-order chi connectivity index (χ1) is 11.8. The van der Waals surface area contributed by atoms with Gasteiger partial charge in [-0.2, -0.15) is 0 Å². The van der Waals surface area contributed by atoms with E-state index in [4.69, 9.17) is 9.57 Å². The number of benzene rings is 1. The molecule has 136 valence electrons. The second-order valence-corrected chi connectivity index (χ2v) is 7.49. The molecule has 0 N–H and O–H groups in total. The predicted octanol–water partition coefficient (Wildman–Crippen LogP) is 3.64. The highest BCUT2D eigenvalue weighted by atomic mass is 16.6. The van der Waals surface area contributed by atoms with Crippen molar-refractivity contribution in [1.29, 1.82) is 0 Å². The van der Waals surface area contributed by atoms with E-state index in [1.165, 1.54) is 0 Å². The molecular formula is C20H28N2O3. The fourth-order valence-corrected chi connectivity index (χ4v) is 2.81. The Labute approximate surface area is 150 Å². The third kappa shape index (κ3) is 5.34. The maximum atomic E-state index is 12.6. The van der Waals surface area contributed by atoms with Crippen molar-refractivity contribution >= 4 is 11.6 Å². The minimum Gasteiger partial charge on any atom is -0.496 e. The summed E-state index contributed by atoms with van der Waals surface area (Å²) in [5.74, 6) is 0.888. The molecule has 0 spiro atoms. The van der Waals surface area contributed by atoms with Gasteiger partial charge in [0.2, 0.25) is 5.91 Å². The molecule has 0 radical (unpaired) electrons. The van der Waals surface area contributed by atoms with Gasteiger partial charge < -0.3 is 14.5 Å². The molecule has 0 fully saturated rings. The predicted molar refractivity (Wildman–Crippen MR) is 99.9 cm³/mol. The first-order valence-electron chi connectivity index (χ1n) is 8.59. The number of amides is 1. The van der Waals surface area contributed by atoms with E-state index in [1.807, 2.05) is 24.3 Å². The summed E-state index contributed by atoms with van der Waals surface area (Å²) in [6, 6.07) is 7.75. The molecule has 0 aromatic heterocycles. The molecule has 1 aliphatic heterocycles. The fraction of sp³-hybridized carbons (Fsp3) is 0.500. The highest BCUT2D eigenvalue weighted by Gasteiger charge is 2.28. The molecule has 1 heterocycles. The van der Waals surface area contributed by atoms with Crippen LogP contribution in [0.5, 0.6) is 5.75 Å². The van der Waals surface area contributed by atoms with Crippen molar-refractivity contribution < 1.29 is 14.4 Å². The lowest BCUT2D eigenvalue weighted by molar-refractivity contribution is -0.134. The third-order valence-corrected chi connectivity index (χ3v) is 3.96. The maximum absolute atomic E-state index is 12.6. The van der Waals surface area contributed by atoms with Gasteiger partial charge in [-0.1, -0.05) is 44.1 Å².